The van der Waals surface area contributed by atoms with Crippen molar-refractivity contribution in [2.75, 3.05) is 49.0 Å². The summed E-state index contributed by atoms with van der Waals surface area (Å²) in [6.45, 7) is 25.9. The van der Waals surface area contributed by atoms with Crippen LogP contribution >= 0.6 is 0 Å². The Morgan fingerprint density at radius 2 is 1.20 bits per heavy atom. The summed E-state index contributed by atoms with van der Waals surface area (Å²) >= 11 is 0. The van der Waals surface area contributed by atoms with Crippen LogP contribution in [-0.2, 0) is 0 Å². The summed E-state index contributed by atoms with van der Waals surface area (Å²) < 4.78 is 0. The molecule has 0 aliphatic carbocycles. The van der Waals surface area contributed by atoms with Crippen LogP contribution in [0.2, 0.25) is 0 Å². The summed E-state index contributed by atoms with van der Waals surface area (Å²) in [4.78, 5) is 23.1. The molecule has 2 fully saturated rings. The van der Waals surface area contributed by atoms with Gasteiger partial charge in [-0.15, -0.1) is 0 Å². The molecule has 0 saturated carbocycles. The minimum Gasteiger partial charge on any atom is -0.341 e. The molecule has 3 heterocycles. The minimum atomic E-state index is 0.0401. The van der Waals surface area contributed by atoms with Crippen molar-refractivity contribution in [3.05, 3.63) is 0 Å². The zero-order chi connectivity index (χ0) is 30.6. The number of nitrogens with zero attached hydrogens (tertiary/aromatic N) is 6. The van der Waals surface area contributed by atoms with E-state index in [1.165, 1.54) is 0 Å². The Hall–Kier alpha value is -1.71. The molecule has 9 nitrogen and oxygen atoms in total. The standard InChI is InChI=1S/C32H63N9/c1-13-15-17-40(24-19-29(3,4)38-30(5,6)20-24)27-35-26(34-23-33-11)36-28(37-27)41(18-16-14-2)25-21-31(7,8)39(12)32(9,10)22-25/h24-25,33,38H,13-23H2,1-12H3,(H,34,35,36,37). The van der Waals surface area contributed by atoms with E-state index < -0.39 is 0 Å². The highest BCUT2D eigenvalue weighted by Crippen LogP contribution is 2.40. The first-order valence-electron chi connectivity index (χ1n) is 16.3. The number of likely N-dealkylation sites (tertiary alicyclic amines) is 1. The van der Waals surface area contributed by atoms with Crippen LogP contribution < -0.4 is 25.8 Å². The summed E-state index contributed by atoms with van der Waals surface area (Å²) in [5, 5.41) is 10.5. The molecule has 0 radical (unpaired) electrons. The molecule has 0 unspecified atom stereocenters. The number of rotatable bonds is 13. The lowest BCUT2D eigenvalue weighted by Crippen LogP contribution is -2.63. The molecule has 236 valence electrons. The fraction of sp³-hybridized carbons (Fsp3) is 0.906. The van der Waals surface area contributed by atoms with Gasteiger partial charge in [0.25, 0.3) is 0 Å². The number of nitrogens with one attached hydrogen (secondary N) is 3. The fourth-order valence-corrected chi connectivity index (χ4v) is 7.43. The number of aromatic nitrogens is 3. The SMILES string of the molecule is CCCCN(c1nc(NCNC)nc(N(CCCC)C2CC(C)(C)N(C)C(C)(C)C2)n1)C1CC(C)(C)NC(C)(C)C1. The average Bonchev–Trinajstić information content (AvgIpc) is 2.84. The second-order valence-corrected chi connectivity index (χ2v) is 15.3. The maximum absolute atomic E-state index is 5.34. The highest BCUT2D eigenvalue weighted by atomic mass is 15.4. The van der Waals surface area contributed by atoms with Gasteiger partial charge in [-0.25, -0.2) is 0 Å². The van der Waals surface area contributed by atoms with E-state index >= 15 is 0 Å². The lowest BCUT2D eigenvalue weighted by Gasteiger charge is -2.55. The van der Waals surface area contributed by atoms with Gasteiger partial charge < -0.3 is 25.8 Å². The molecule has 1 aromatic heterocycles. The molecular formula is C32H63N9. The van der Waals surface area contributed by atoms with Gasteiger partial charge in [0.1, 0.15) is 0 Å². The van der Waals surface area contributed by atoms with Crippen molar-refractivity contribution in [2.24, 2.45) is 0 Å². The molecule has 9 heteroatoms. The van der Waals surface area contributed by atoms with E-state index in [2.05, 4.69) is 107 Å². The Labute approximate surface area is 252 Å². The van der Waals surface area contributed by atoms with E-state index in [4.69, 9.17) is 15.0 Å². The monoisotopic (exact) mass is 574 g/mol. The minimum absolute atomic E-state index is 0.0401. The van der Waals surface area contributed by atoms with E-state index in [-0.39, 0.29) is 22.2 Å². The van der Waals surface area contributed by atoms with Crippen molar-refractivity contribution in [3.8, 4) is 0 Å². The van der Waals surface area contributed by atoms with Gasteiger partial charge in [0.2, 0.25) is 17.8 Å². The Balaban J connectivity index is 2.11. The summed E-state index contributed by atoms with van der Waals surface area (Å²) in [5.41, 5.74) is 0.246. The predicted molar refractivity (Wildman–Crippen MR) is 175 cm³/mol. The maximum Gasteiger partial charge on any atom is 0.232 e. The van der Waals surface area contributed by atoms with Gasteiger partial charge >= 0.3 is 0 Å². The Bertz CT molecular complexity index is 940. The first kappa shape index (κ1) is 33.8. The lowest BCUT2D eigenvalue weighted by atomic mass is 9.77. The van der Waals surface area contributed by atoms with Gasteiger partial charge in [-0.2, -0.15) is 15.0 Å². The second kappa shape index (κ2) is 13.3. The largest absolute Gasteiger partial charge is 0.341 e. The number of hydrogen-bond donors (Lipinski definition) is 3. The van der Waals surface area contributed by atoms with Crippen LogP contribution in [0.3, 0.4) is 0 Å². The third kappa shape index (κ3) is 8.66. The van der Waals surface area contributed by atoms with Crippen molar-refractivity contribution in [3.63, 3.8) is 0 Å². The predicted octanol–water partition coefficient (Wildman–Crippen LogP) is 5.63. The van der Waals surface area contributed by atoms with Gasteiger partial charge in [0.15, 0.2) is 0 Å². The Morgan fingerprint density at radius 1 is 0.756 bits per heavy atom. The zero-order valence-electron chi connectivity index (χ0n) is 28.6. The highest BCUT2D eigenvalue weighted by Gasteiger charge is 2.46. The van der Waals surface area contributed by atoms with Crippen molar-refractivity contribution < 1.29 is 0 Å². The van der Waals surface area contributed by atoms with Crippen LogP contribution in [0.25, 0.3) is 0 Å². The van der Waals surface area contributed by atoms with E-state index in [9.17, 15) is 0 Å². The van der Waals surface area contributed by atoms with E-state index in [1.54, 1.807) is 0 Å². The molecular weight excluding hydrogens is 510 g/mol. The smallest absolute Gasteiger partial charge is 0.232 e. The van der Waals surface area contributed by atoms with Gasteiger partial charge in [-0.05, 0) is 108 Å². The summed E-state index contributed by atoms with van der Waals surface area (Å²) in [6, 6.07) is 0.710. The molecule has 0 aromatic carbocycles. The van der Waals surface area contributed by atoms with Crippen LogP contribution in [0.5, 0.6) is 0 Å². The van der Waals surface area contributed by atoms with Gasteiger partial charge in [-0.1, -0.05) is 26.7 Å². The summed E-state index contributed by atoms with van der Waals surface area (Å²) in [6.07, 6.45) is 8.76. The molecule has 0 spiro atoms. The van der Waals surface area contributed by atoms with Crippen LogP contribution in [0, 0.1) is 0 Å². The zero-order valence-corrected chi connectivity index (χ0v) is 28.6. The van der Waals surface area contributed by atoms with Crippen molar-refractivity contribution in [1.82, 2.24) is 30.5 Å². The van der Waals surface area contributed by atoms with Gasteiger partial charge in [0, 0.05) is 47.3 Å². The first-order valence-corrected chi connectivity index (χ1v) is 16.3. The first-order chi connectivity index (χ1) is 19.0. The highest BCUT2D eigenvalue weighted by molar-refractivity contribution is 5.47. The molecule has 0 amide bonds. The number of piperidine rings is 2. The molecule has 41 heavy (non-hydrogen) atoms. The number of unbranched alkanes of at least 4 members (excludes halogenated alkanes) is 2. The van der Waals surface area contributed by atoms with Crippen molar-refractivity contribution >= 4 is 17.8 Å². The third-order valence-electron chi connectivity index (χ3n) is 9.39. The molecule has 0 bridgehead atoms. The molecule has 2 saturated heterocycles. The summed E-state index contributed by atoms with van der Waals surface area (Å²) in [5.74, 6) is 2.28. The Kier molecular flexibility index (Phi) is 11.0. The molecule has 1 aromatic rings. The molecule has 3 rings (SSSR count). The van der Waals surface area contributed by atoms with Gasteiger partial charge in [-0.3, -0.25) is 4.90 Å². The lowest BCUT2D eigenvalue weighted by molar-refractivity contribution is -0.0129. The Morgan fingerprint density at radius 3 is 1.61 bits per heavy atom. The van der Waals surface area contributed by atoms with Crippen LogP contribution in [0.15, 0.2) is 0 Å². The molecule has 0 atom stereocenters. The van der Waals surface area contributed by atoms with Gasteiger partial charge in [0.05, 0.1) is 6.67 Å². The number of hydrogen-bond acceptors (Lipinski definition) is 9. The average molecular weight is 574 g/mol. The van der Waals surface area contributed by atoms with Crippen LogP contribution in [0.4, 0.5) is 17.8 Å². The number of anilines is 3. The maximum atomic E-state index is 5.34. The van der Waals surface area contributed by atoms with E-state index in [0.29, 0.717) is 24.7 Å². The van der Waals surface area contributed by atoms with Crippen molar-refractivity contribution in [1.29, 1.82) is 0 Å². The second-order valence-electron chi connectivity index (χ2n) is 15.3. The van der Waals surface area contributed by atoms with Crippen LogP contribution in [-0.4, -0.2) is 87.9 Å². The summed E-state index contributed by atoms with van der Waals surface area (Å²) in [7, 11) is 4.22. The third-order valence-corrected chi connectivity index (χ3v) is 9.39. The fourth-order valence-electron chi connectivity index (χ4n) is 7.43. The molecule has 2 aliphatic heterocycles. The topological polar surface area (TPSA) is 84.5 Å². The van der Waals surface area contributed by atoms with Crippen molar-refractivity contribution in [2.45, 2.75) is 155 Å². The van der Waals surface area contributed by atoms with E-state index in [1.807, 2.05) is 7.05 Å². The quantitative estimate of drug-likeness (QED) is 0.260. The van der Waals surface area contributed by atoms with Crippen LogP contribution in [0.1, 0.15) is 121 Å². The molecule has 3 N–H and O–H groups in total. The molecule has 2 aliphatic rings. The normalized spacial score (nSPS) is 22.4. The van der Waals surface area contributed by atoms with E-state index in [0.717, 1.165) is 76.4 Å².